The van der Waals surface area contributed by atoms with E-state index in [0.717, 1.165) is 15.1 Å². The Labute approximate surface area is 118 Å². The van der Waals surface area contributed by atoms with Crippen molar-refractivity contribution in [3.8, 4) is 0 Å². The lowest BCUT2D eigenvalue weighted by molar-refractivity contribution is 0.0955. The zero-order chi connectivity index (χ0) is 13.0. The first-order chi connectivity index (χ1) is 8.66. The zero-order valence-electron chi connectivity index (χ0n) is 9.68. The van der Waals surface area contributed by atoms with Crippen molar-refractivity contribution in [1.29, 1.82) is 0 Å². The van der Waals surface area contributed by atoms with Gasteiger partial charge in [-0.25, -0.2) is 5.43 Å². The number of hydrogen-bond donors (Lipinski definition) is 1. The van der Waals surface area contributed by atoms with E-state index < -0.39 is 0 Å². The number of thiophene rings is 1. The lowest BCUT2D eigenvalue weighted by Crippen LogP contribution is -2.18. The third-order valence-electron chi connectivity index (χ3n) is 2.31. The number of rotatable bonds is 3. The van der Waals surface area contributed by atoms with E-state index >= 15 is 0 Å². The highest BCUT2D eigenvalue weighted by atomic mass is 79.9. The maximum absolute atomic E-state index is 11.8. The normalized spacial score (nSPS) is 11.3. The van der Waals surface area contributed by atoms with Crippen molar-refractivity contribution < 1.29 is 4.79 Å². The van der Waals surface area contributed by atoms with E-state index in [4.69, 9.17) is 0 Å². The molecule has 0 aliphatic carbocycles. The van der Waals surface area contributed by atoms with Gasteiger partial charge in [-0.15, -0.1) is 11.3 Å². The molecular formula is C13H11BrN2OS. The van der Waals surface area contributed by atoms with Gasteiger partial charge in [-0.2, -0.15) is 5.10 Å². The highest BCUT2D eigenvalue weighted by Gasteiger charge is 2.04. The molecule has 0 fully saturated rings. The first-order valence-corrected chi connectivity index (χ1v) is 6.98. The van der Waals surface area contributed by atoms with Crippen molar-refractivity contribution >= 4 is 38.9 Å². The van der Waals surface area contributed by atoms with Crippen LogP contribution in [0, 0.1) is 0 Å². The maximum atomic E-state index is 11.8. The van der Waals surface area contributed by atoms with Crippen LogP contribution in [-0.2, 0) is 0 Å². The summed E-state index contributed by atoms with van der Waals surface area (Å²) in [6.07, 6.45) is 0. The Kier molecular flexibility index (Phi) is 4.28. The minimum Gasteiger partial charge on any atom is -0.267 e. The predicted molar refractivity (Wildman–Crippen MR) is 78.1 cm³/mol. The SMILES string of the molecule is C/C(=N/NC(=O)c1ccc(Br)cc1)c1cccs1. The topological polar surface area (TPSA) is 41.5 Å². The van der Waals surface area contributed by atoms with E-state index in [2.05, 4.69) is 26.5 Å². The lowest BCUT2D eigenvalue weighted by Gasteiger charge is -2.01. The molecule has 0 bridgehead atoms. The molecule has 0 radical (unpaired) electrons. The number of benzene rings is 1. The molecule has 0 atom stereocenters. The Morgan fingerprint density at radius 2 is 2.00 bits per heavy atom. The van der Waals surface area contributed by atoms with Gasteiger partial charge in [-0.1, -0.05) is 22.0 Å². The minimum absolute atomic E-state index is 0.210. The van der Waals surface area contributed by atoms with Crippen LogP contribution in [0.1, 0.15) is 22.2 Å². The molecule has 5 heteroatoms. The average molecular weight is 323 g/mol. The third-order valence-corrected chi connectivity index (χ3v) is 3.82. The van der Waals surface area contributed by atoms with Crippen LogP contribution in [-0.4, -0.2) is 11.6 Å². The zero-order valence-corrected chi connectivity index (χ0v) is 12.1. The Hall–Kier alpha value is -1.46. The molecule has 0 unspecified atom stereocenters. The predicted octanol–water partition coefficient (Wildman–Crippen LogP) is 3.66. The van der Waals surface area contributed by atoms with Crippen molar-refractivity contribution in [1.82, 2.24) is 5.43 Å². The number of halogens is 1. The molecule has 1 heterocycles. The van der Waals surface area contributed by atoms with Crippen LogP contribution in [0.15, 0.2) is 51.4 Å². The Morgan fingerprint density at radius 1 is 1.28 bits per heavy atom. The largest absolute Gasteiger partial charge is 0.271 e. The molecule has 1 N–H and O–H groups in total. The first-order valence-electron chi connectivity index (χ1n) is 5.31. The molecule has 1 aromatic heterocycles. The fourth-order valence-corrected chi connectivity index (χ4v) is 2.28. The van der Waals surface area contributed by atoms with Crippen molar-refractivity contribution in [2.45, 2.75) is 6.92 Å². The number of amides is 1. The number of carbonyl (C=O) groups is 1. The van der Waals surface area contributed by atoms with Crippen molar-refractivity contribution in [3.63, 3.8) is 0 Å². The van der Waals surface area contributed by atoms with Crippen LogP contribution in [0.4, 0.5) is 0 Å². The van der Waals surface area contributed by atoms with Crippen LogP contribution < -0.4 is 5.43 Å². The second-order valence-electron chi connectivity index (χ2n) is 3.62. The molecule has 0 saturated heterocycles. The van der Waals surface area contributed by atoms with Crippen LogP contribution in [0.3, 0.4) is 0 Å². The maximum Gasteiger partial charge on any atom is 0.271 e. The highest BCUT2D eigenvalue weighted by molar-refractivity contribution is 9.10. The molecule has 92 valence electrons. The molecule has 0 aliphatic rings. The van der Waals surface area contributed by atoms with Crippen molar-refractivity contribution in [3.05, 3.63) is 56.7 Å². The fraction of sp³-hybridized carbons (Fsp3) is 0.0769. The molecule has 0 spiro atoms. The fourth-order valence-electron chi connectivity index (χ4n) is 1.34. The third kappa shape index (κ3) is 3.27. The van der Waals surface area contributed by atoms with Gasteiger partial charge in [0, 0.05) is 14.9 Å². The summed E-state index contributed by atoms with van der Waals surface area (Å²) >= 11 is 4.92. The van der Waals surface area contributed by atoms with Crippen molar-refractivity contribution in [2.75, 3.05) is 0 Å². The molecule has 2 aromatic rings. The van der Waals surface area contributed by atoms with Gasteiger partial charge in [-0.3, -0.25) is 4.79 Å². The van der Waals surface area contributed by atoms with Crippen LogP contribution in [0.25, 0.3) is 0 Å². The second kappa shape index (κ2) is 5.93. The molecule has 0 saturated carbocycles. The van der Waals surface area contributed by atoms with Crippen LogP contribution in [0.5, 0.6) is 0 Å². The van der Waals surface area contributed by atoms with Crippen LogP contribution in [0.2, 0.25) is 0 Å². The molecule has 0 aliphatic heterocycles. The number of nitrogens with zero attached hydrogens (tertiary/aromatic N) is 1. The molecule has 18 heavy (non-hydrogen) atoms. The van der Waals surface area contributed by atoms with Gasteiger partial charge in [0.15, 0.2) is 0 Å². The summed E-state index contributed by atoms with van der Waals surface area (Å²) in [5.74, 6) is -0.210. The quantitative estimate of drug-likeness (QED) is 0.680. The number of nitrogens with one attached hydrogen (secondary N) is 1. The smallest absolute Gasteiger partial charge is 0.267 e. The summed E-state index contributed by atoms with van der Waals surface area (Å²) in [7, 11) is 0. The summed E-state index contributed by atoms with van der Waals surface area (Å²) in [6, 6.07) is 11.1. The Bertz CT molecular complexity index is 561. The number of carbonyl (C=O) groups excluding carboxylic acids is 1. The van der Waals surface area contributed by atoms with E-state index in [9.17, 15) is 4.79 Å². The van der Waals surface area contributed by atoms with Crippen molar-refractivity contribution in [2.24, 2.45) is 5.10 Å². The molecule has 1 aromatic carbocycles. The Morgan fingerprint density at radius 3 is 2.61 bits per heavy atom. The summed E-state index contributed by atoms with van der Waals surface area (Å²) < 4.78 is 0.942. The summed E-state index contributed by atoms with van der Waals surface area (Å²) in [4.78, 5) is 12.8. The second-order valence-corrected chi connectivity index (χ2v) is 5.49. The first kappa shape index (κ1) is 13.0. The summed E-state index contributed by atoms with van der Waals surface area (Å²) in [5.41, 5.74) is 3.93. The van der Waals surface area contributed by atoms with Gasteiger partial charge in [0.25, 0.3) is 5.91 Å². The van der Waals surface area contributed by atoms with E-state index in [1.165, 1.54) is 0 Å². The van der Waals surface area contributed by atoms with E-state index in [1.54, 1.807) is 23.5 Å². The number of hydrogen-bond acceptors (Lipinski definition) is 3. The number of hydrazone groups is 1. The monoisotopic (exact) mass is 322 g/mol. The van der Waals surface area contributed by atoms with Gasteiger partial charge >= 0.3 is 0 Å². The van der Waals surface area contributed by atoms with Gasteiger partial charge in [0.1, 0.15) is 0 Å². The summed E-state index contributed by atoms with van der Waals surface area (Å²) in [5, 5.41) is 6.06. The average Bonchev–Trinajstić information content (AvgIpc) is 2.90. The minimum atomic E-state index is -0.210. The highest BCUT2D eigenvalue weighted by Crippen LogP contribution is 2.11. The Balaban J connectivity index is 2.04. The van der Waals surface area contributed by atoms with Crippen LogP contribution >= 0.6 is 27.3 Å². The lowest BCUT2D eigenvalue weighted by atomic mass is 10.2. The van der Waals surface area contributed by atoms with E-state index in [-0.39, 0.29) is 5.91 Å². The molecule has 3 nitrogen and oxygen atoms in total. The van der Waals surface area contributed by atoms with E-state index in [1.807, 2.05) is 36.6 Å². The molecule has 1 amide bonds. The van der Waals surface area contributed by atoms with Gasteiger partial charge < -0.3 is 0 Å². The molecular weight excluding hydrogens is 312 g/mol. The summed E-state index contributed by atoms with van der Waals surface area (Å²) in [6.45, 7) is 1.87. The van der Waals surface area contributed by atoms with Gasteiger partial charge in [0.2, 0.25) is 0 Å². The van der Waals surface area contributed by atoms with Gasteiger partial charge in [-0.05, 0) is 42.6 Å². The molecule has 2 rings (SSSR count). The van der Waals surface area contributed by atoms with Gasteiger partial charge in [0.05, 0.1) is 5.71 Å². The standard InChI is InChI=1S/C13H11BrN2OS/c1-9(12-3-2-8-18-12)15-16-13(17)10-4-6-11(14)7-5-10/h2-8H,1H3,(H,16,17)/b15-9-. The van der Waals surface area contributed by atoms with E-state index in [0.29, 0.717) is 5.56 Å².